The highest BCUT2D eigenvalue weighted by Crippen LogP contribution is 2.31. The summed E-state index contributed by atoms with van der Waals surface area (Å²) in [6, 6.07) is 8.02. The van der Waals surface area contributed by atoms with Gasteiger partial charge >= 0.3 is 5.97 Å². The van der Waals surface area contributed by atoms with Crippen LogP contribution in [0.1, 0.15) is 201 Å². The smallest absolute Gasteiger partial charge is 0.306 e. The fraction of sp³-hybridized carbons (Fsp3) is 0.784. The molecular weight excluding hydrogens is 743 g/mol. The molecule has 2 aromatic heterocycles. The van der Waals surface area contributed by atoms with Gasteiger partial charge in [0.25, 0.3) is 0 Å². The maximum atomic E-state index is 13.1. The predicted octanol–water partition coefficient (Wildman–Crippen LogP) is 12.6. The number of imidazole rings is 1. The van der Waals surface area contributed by atoms with Gasteiger partial charge in [0.05, 0.1) is 24.1 Å². The quantitative estimate of drug-likeness (QED) is 0.0435. The van der Waals surface area contributed by atoms with E-state index in [0.717, 1.165) is 61.1 Å². The van der Waals surface area contributed by atoms with E-state index < -0.39 is 5.60 Å². The van der Waals surface area contributed by atoms with Crippen LogP contribution in [0.3, 0.4) is 0 Å². The maximum Gasteiger partial charge on any atom is 0.306 e. The third-order valence-corrected chi connectivity index (χ3v) is 12.2. The highest BCUT2D eigenvalue weighted by Gasteiger charge is 2.27. The molecule has 60 heavy (non-hydrogen) atoms. The molecule has 0 saturated carbocycles. The number of fused-ring (bicyclic) bond motifs is 3. The fourth-order valence-electron chi connectivity index (χ4n) is 8.70. The number of nitrogens with one attached hydrogen (secondary N) is 1. The molecule has 0 bridgehead atoms. The number of unbranched alkanes of at least 4 members (excludes halogenated alkanes) is 20. The second-order valence-electron chi connectivity index (χ2n) is 18.5. The van der Waals surface area contributed by atoms with Crippen LogP contribution in [0, 0.1) is 0 Å². The van der Waals surface area contributed by atoms with Gasteiger partial charge in [-0.25, -0.2) is 9.97 Å². The van der Waals surface area contributed by atoms with Crippen molar-refractivity contribution in [3.05, 3.63) is 30.1 Å². The number of benzene rings is 1. The number of esters is 1. The van der Waals surface area contributed by atoms with Gasteiger partial charge in [-0.2, -0.15) is 0 Å². The second kappa shape index (κ2) is 31.1. The van der Waals surface area contributed by atoms with Crippen LogP contribution >= 0.6 is 0 Å². The Hall–Kier alpha value is -2.75. The molecule has 9 nitrogen and oxygen atoms in total. The van der Waals surface area contributed by atoms with Crippen LogP contribution in [0.25, 0.3) is 21.9 Å². The van der Waals surface area contributed by atoms with Crippen LogP contribution in [0.2, 0.25) is 0 Å². The molecule has 0 amide bonds. The van der Waals surface area contributed by atoms with Gasteiger partial charge in [-0.1, -0.05) is 161 Å². The molecule has 0 aliphatic rings. The normalized spacial score (nSPS) is 12.2. The number of nitrogens with two attached hydrogens (primary N) is 1. The van der Waals surface area contributed by atoms with Crippen LogP contribution in [0.15, 0.2) is 24.3 Å². The summed E-state index contributed by atoms with van der Waals surface area (Å²) in [7, 11) is 2.27. The van der Waals surface area contributed by atoms with Crippen molar-refractivity contribution in [2.24, 2.45) is 0 Å². The molecule has 1 aromatic carbocycles. The second-order valence-corrected chi connectivity index (χ2v) is 18.5. The number of nitrogens with zero attached hydrogens (tertiary/aromatic N) is 5. The summed E-state index contributed by atoms with van der Waals surface area (Å²) in [5, 5.41) is 4.40. The molecular formula is C51H91N7O2. The highest BCUT2D eigenvalue weighted by atomic mass is 16.6. The summed E-state index contributed by atoms with van der Waals surface area (Å²) in [5.41, 5.74) is 8.15. The molecule has 0 aliphatic carbocycles. The molecule has 0 fully saturated rings. The van der Waals surface area contributed by atoms with E-state index in [1.165, 1.54) is 154 Å². The number of para-hydroxylation sites is 1. The number of carbonyl (C=O) groups excluding carboxylic acids is 1. The van der Waals surface area contributed by atoms with E-state index in [1.807, 2.05) is 32.0 Å². The van der Waals surface area contributed by atoms with E-state index in [0.29, 0.717) is 30.8 Å². The minimum absolute atomic E-state index is 0.137. The lowest BCUT2D eigenvalue weighted by Crippen LogP contribution is -2.34. The average molecular weight is 834 g/mol. The van der Waals surface area contributed by atoms with Crippen molar-refractivity contribution in [1.82, 2.24) is 29.7 Å². The van der Waals surface area contributed by atoms with E-state index in [1.54, 1.807) is 0 Å². The van der Waals surface area contributed by atoms with E-state index >= 15 is 0 Å². The summed E-state index contributed by atoms with van der Waals surface area (Å²) < 4.78 is 8.30. The Labute approximate surface area is 367 Å². The Morgan fingerprint density at radius 2 is 1.18 bits per heavy atom. The van der Waals surface area contributed by atoms with Crippen molar-refractivity contribution in [1.29, 1.82) is 0 Å². The van der Waals surface area contributed by atoms with Gasteiger partial charge in [-0.15, -0.1) is 0 Å². The van der Waals surface area contributed by atoms with Gasteiger partial charge in [0.2, 0.25) is 0 Å². The molecule has 0 unspecified atom stereocenters. The Bertz CT molecular complexity index is 1530. The van der Waals surface area contributed by atoms with E-state index in [9.17, 15) is 4.79 Å². The molecule has 3 N–H and O–H groups in total. The number of pyridine rings is 1. The lowest BCUT2D eigenvalue weighted by Gasteiger charge is -2.27. The Kier molecular flexibility index (Phi) is 26.8. The molecule has 2 heterocycles. The minimum Gasteiger partial charge on any atom is -0.458 e. The Morgan fingerprint density at radius 1 is 0.683 bits per heavy atom. The predicted molar refractivity (Wildman–Crippen MR) is 258 cm³/mol. The van der Waals surface area contributed by atoms with Crippen LogP contribution in [0.4, 0.5) is 5.82 Å². The van der Waals surface area contributed by atoms with E-state index in [2.05, 4.69) is 58.6 Å². The molecule has 9 heteroatoms. The molecule has 0 spiro atoms. The first-order valence-electron chi connectivity index (χ1n) is 25.1. The zero-order valence-electron chi connectivity index (χ0n) is 39.8. The van der Waals surface area contributed by atoms with Crippen LogP contribution in [-0.4, -0.2) is 82.2 Å². The van der Waals surface area contributed by atoms with Crippen molar-refractivity contribution >= 4 is 33.7 Å². The van der Waals surface area contributed by atoms with Crippen molar-refractivity contribution < 1.29 is 9.53 Å². The molecule has 3 rings (SSSR count). The average Bonchev–Trinajstić information content (AvgIpc) is 3.58. The number of anilines is 1. The standard InChI is InChI=1S/C51H91N7O2/c1-7-10-12-14-16-18-20-22-24-31-39-57(40-32-25-23-21-19-17-15-13-11-8-2)41-33-38-56(6)37-30-26-27-36-47(59)60-51(4,5)43-58-46(42-53-9-3)55-48-49(58)44-34-28-29-35-45(44)54-50(48)52/h28-29,34-35,53H,7-27,30-33,36-43H2,1-6H3,(H2,52,54). The number of aromatic nitrogens is 3. The van der Waals surface area contributed by atoms with Gasteiger partial charge < -0.3 is 30.2 Å². The Balaban J connectivity index is 1.36. The Morgan fingerprint density at radius 3 is 1.77 bits per heavy atom. The summed E-state index contributed by atoms with van der Waals surface area (Å²) >= 11 is 0. The van der Waals surface area contributed by atoms with Crippen LogP contribution in [0.5, 0.6) is 0 Å². The highest BCUT2D eigenvalue weighted by molar-refractivity contribution is 6.06. The van der Waals surface area contributed by atoms with Crippen LogP contribution < -0.4 is 11.1 Å². The largest absolute Gasteiger partial charge is 0.458 e. The topological polar surface area (TPSA) is 102 Å². The van der Waals surface area contributed by atoms with E-state index in [-0.39, 0.29) is 5.97 Å². The number of rotatable bonds is 38. The lowest BCUT2D eigenvalue weighted by atomic mass is 10.1. The maximum absolute atomic E-state index is 13.1. The lowest BCUT2D eigenvalue weighted by molar-refractivity contribution is -0.157. The summed E-state index contributed by atoms with van der Waals surface area (Å²) in [4.78, 5) is 27.9. The van der Waals surface area contributed by atoms with Gasteiger partial charge in [-0.3, -0.25) is 4.79 Å². The van der Waals surface area contributed by atoms with Gasteiger partial charge in [0, 0.05) is 11.8 Å². The fourth-order valence-corrected chi connectivity index (χ4v) is 8.70. The first-order valence-corrected chi connectivity index (χ1v) is 25.1. The first kappa shape index (κ1) is 51.6. The molecule has 342 valence electrons. The number of carbonyl (C=O) groups is 1. The van der Waals surface area contributed by atoms with Crippen molar-refractivity contribution in [2.75, 3.05) is 52.0 Å². The van der Waals surface area contributed by atoms with Crippen LogP contribution in [-0.2, 0) is 22.6 Å². The first-order chi connectivity index (χ1) is 29.2. The summed E-state index contributed by atoms with van der Waals surface area (Å²) in [5.74, 6) is 1.14. The molecule has 3 aromatic rings. The third-order valence-electron chi connectivity index (χ3n) is 12.2. The molecule has 0 aliphatic heterocycles. The van der Waals surface area contributed by atoms with Crippen molar-refractivity contribution in [3.8, 4) is 0 Å². The monoisotopic (exact) mass is 834 g/mol. The zero-order valence-corrected chi connectivity index (χ0v) is 39.8. The van der Waals surface area contributed by atoms with Gasteiger partial charge in [0.15, 0.2) is 5.82 Å². The van der Waals surface area contributed by atoms with E-state index in [4.69, 9.17) is 15.5 Å². The minimum atomic E-state index is -0.722. The molecule has 0 radical (unpaired) electrons. The van der Waals surface area contributed by atoms with Crippen molar-refractivity contribution in [3.63, 3.8) is 0 Å². The van der Waals surface area contributed by atoms with Gasteiger partial charge in [0.1, 0.15) is 16.9 Å². The summed E-state index contributed by atoms with van der Waals surface area (Å²) in [6.07, 6.45) is 32.7. The third kappa shape index (κ3) is 20.9. The number of nitrogen functional groups attached to an aromatic ring is 1. The molecule has 0 atom stereocenters. The number of hydrogen-bond donors (Lipinski definition) is 2. The number of ether oxygens (including phenoxy) is 1. The zero-order chi connectivity index (χ0) is 43.3. The van der Waals surface area contributed by atoms with Crippen molar-refractivity contribution in [2.45, 2.75) is 214 Å². The summed E-state index contributed by atoms with van der Waals surface area (Å²) in [6.45, 7) is 18.5. The number of hydrogen-bond acceptors (Lipinski definition) is 8. The molecule has 0 saturated heterocycles. The SMILES string of the molecule is CCCCCCCCCCCCN(CCCCCCCCCCCC)CCCN(C)CCCCCC(=O)OC(C)(C)Cn1c(CNCC)nc2c(N)nc3ccccc3c21. The van der Waals surface area contributed by atoms with Gasteiger partial charge in [-0.05, 0) is 98.3 Å².